The first-order valence-electron chi connectivity index (χ1n) is 7.86. The van der Waals surface area contributed by atoms with Crippen molar-refractivity contribution in [2.45, 2.75) is 44.7 Å². The molecule has 1 rings (SSSR count). The van der Waals surface area contributed by atoms with E-state index < -0.39 is 24.0 Å². The van der Waals surface area contributed by atoms with Gasteiger partial charge in [0.2, 0.25) is 11.8 Å². The van der Waals surface area contributed by atoms with Crippen LogP contribution in [-0.4, -0.2) is 35.0 Å². The SMILES string of the molecule is C=CCC(NC(C)=O)C(=O)N[C@H](CCc1ccccc1)CC(=O)O. The zero-order valence-electron chi connectivity index (χ0n) is 13.8. The number of hydrogen-bond acceptors (Lipinski definition) is 3. The van der Waals surface area contributed by atoms with E-state index in [4.69, 9.17) is 5.11 Å². The highest BCUT2D eigenvalue weighted by Crippen LogP contribution is 2.08. The number of rotatable bonds is 10. The highest BCUT2D eigenvalue weighted by molar-refractivity contribution is 5.87. The van der Waals surface area contributed by atoms with Gasteiger partial charge in [-0.05, 0) is 24.8 Å². The minimum atomic E-state index is -0.979. The summed E-state index contributed by atoms with van der Waals surface area (Å²) in [6.07, 6.45) is 2.81. The summed E-state index contributed by atoms with van der Waals surface area (Å²) in [6, 6.07) is 8.40. The van der Waals surface area contributed by atoms with Gasteiger partial charge in [0.25, 0.3) is 0 Å². The number of aryl methyl sites for hydroxylation is 1. The van der Waals surface area contributed by atoms with Crippen molar-refractivity contribution < 1.29 is 19.5 Å². The Morgan fingerprint density at radius 2 is 1.88 bits per heavy atom. The van der Waals surface area contributed by atoms with Gasteiger partial charge in [0, 0.05) is 13.0 Å². The van der Waals surface area contributed by atoms with Crippen molar-refractivity contribution in [1.82, 2.24) is 10.6 Å². The second kappa shape index (κ2) is 10.2. The van der Waals surface area contributed by atoms with Crippen molar-refractivity contribution in [1.29, 1.82) is 0 Å². The average Bonchev–Trinajstić information content (AvgIpc) is 2.52. The Morgan fingerprint density at radius 3 is 2.42 bits per heavy atom. The molecule has 0 radical (unpaired) electrons. The van der Waals surface area contributed by atoms with Gasteiger partial charge in [-0.2, -0.15) is 0 Å². The number of carboxylic acid groups (broad SMARTS) is 1. The molecule has 0 saturated carbocycles. The smallest absolute Gasteiger partial charge is 0.305 e. The molecule has 3 N–H and O–H groups in total. The maximum atomic E-state index is 12.3. The molecule has 6 nitrogen and oxygen atoms in total. The van der Waals surface area contributed by atoms with Crippen molar-refractivity contribution in [2.24, 2.45) is 0 Å². The maximum absolute atomic E-state index is 12.3. The van der Waals surface area contributed by atoms with E-state index in [1.54, 1.807) is 0 Å². The highest BCUT2D eigenvalue weighted by atomic mass is 16.4. The molecule has 0 fully saturated rings. The second-order valence-electron chi connectivity index (χ2n) is 5.61. The average molecular weight is 332 g/mol. The van der Waals surface area contributed by atoms with E-state index in [1.807, 2.05) is 30.3 Å². The lowest BCUT2D eigenvalue weighted by Gasteiger charge is -2.21. The van der Waals surface area contributed by atoms with Crippen LogP contribution >= 0.6 is 0 Å². The fourth-order valence-corrected chi connectivity index (χ4v) is 2.37. The van der Waals surface area contributed by atoms with E-state index in [1.165, 1.54) is 13.0 Å². The van der Waals surface area contributed by atoms with Crippen LogP contribution in [0.3, 0.4) is 0 Å². The van der Waals surface area contributed by atoms with Gasteiger partial charge < -0.3 is 15.7 Å². The summed E-state index contributed by atoms with van der Waals surface area (Å²) in [5.74, 6) is -1.70. The fourth-order valence-electron chi connectivity index (χ4n) is 2.37. The van der Waals surface area contributed by atoms with Crippen LogP contribution in [0.5, 0.6) is 0 Å². The topological polar surface area (TPSA) is 95.5 Å². The Morgan fingerprint density at radius 1 is 1.21 bits per heavy atom. The number of carboxylic acids is 1. The van der Waals surface area contributed by atoms with Gasteiger partial charge in [-0.1, -0.05) is 36.4 Å². The molecule has 1 aromatic carbocycles. The van der Waals surface area contributed by atoms with Crippen LogP contribution in [0.2, 0.25) is 0 Å². The Kier molecular flexibility index (Phi) is 8.25. The summed E-state index contributed by atoms with van der Waals surface area (Å²) < 4.78 is 0. The molecule has 6 heteroatoms. The molecule has 2 amide bonds. The lowest BCUT2D eigenvalue weighted by Crippen LogP contribution is -2.49. The van der Waals surface area contributed by atoms with Gasteiger partial charge in [0.1, 0.15) is 6.04 Å². The summed E-state index contributed by atoms with van der Waals surface area (Å²) in [5.41, 5.74) is 1.08. The molecule has 0 aromatic heterocycles. The maximum Gasteiger partial charge on any atom is 0.305 e. The molecule has 0 bridgehead atoms. The van der Waals surface area contributed by atoms with Crippen molar-refractivity contribution >= 4 is 17.8 Å². The van der Waals surface area contributed by atoms with E-state index in [0.29, 0.717) is 12.8 Å². The number of carbonyl (C=O) groups excluding carboxylic acids is 2. The number of hydrogen-bond donors (Lipinski definition) is 3. The third kappa shape index (κ3) is 7.58. The van der Waals surface area contributed by atoms with Gasteiger partial charge in [-0.3, -0.25) is 14.4 Å². The second-order valence-corrected chi connectivity index (χ2v) is 5.61. The zero-order valence-corrected chi connectivity index (χ0v) is 13.8. The van der Waals surface area contributed by atoms with Crippen molar-refractivity contribution in [3.8, 4) is 0 Å². The van der Waals surface area contributed by atoms with Gasteiger partial charge in [-0.25, -0.2) is 0 Å². The van der Waals surface area contributed by atoms with Gasteiger partial charge in [-0.15, -0.1) is 6.58 Å². The number of benzene rings is 1. The molecule has 0 spiro atoms. The molecule has 0 heterocycles. The van der Waals surface area contributed by atoms with Crippen molar-refractivity contribution in [2.75, 3.05) is 0 Å². The first-order valence-corrected chi connectivity index (χ1v) is 7.86. The molecule has 24 heavy (non-hydrogen) atoms. The Hall–Kier alpha value is -2.63. The molecular formula is C18H24N2O4. The lowest BCUT2D eigenvalue weighted by atomic mass is 10.0. The van der Waals surface area contributed by atoms with E-state index in [2.05, 4.69) is 17.2 Å². The lowest BCUT2D eigenvalue weighted by molar-refractivity contribution is -0.138. The quantitative estimate of drug-likeness (QED) is 0.568. The molecule has 130 valence electrons. The van der Waals surface area contributed by atoms with Crippen LogP contribution in [0.1, 0.15) is 31.7 Å². The largest absolute Gasteiger partial charge is 0.481 e. The van der Waals surface area contributed by atoms with E-state index in [9.17, 15) is 14.4 Å². The van der Waals surface area contributed by atoms with Crippen LogP contribution in [0.25, 0.3) is 0 Å². The number of nitrogens with one attached hydrogen (secondary N) is 2. The number of carbonyl (C=O) groups is 3. The minimum absolute atomic E-state index is 0.167. The first kappa shape index (κ1) is 19.4. The standard InChI is InChI=1S/C18H24N2O4/c1-3-7-16(19-13(2)21)18(24)20-15(12-17(22)23)11-10-14-8-5-4-6-9-14/h3-6,8-9,15-16H,1,7,10-12H2,2H3,(H,19,21)(H,20,24)(H,22,23)/t15-,16?/m1/s1. The van der Waals surface area contributed by atoms with Crippen LogP contribution < -0.4 is 10.6 Å². The van der Waals surface area contributed by atoms with Gasteiger partial charge in [0.15, 0.2) is 0 Å². The minimum Gasteiger partial charge on any atom is -0.481 e. The van der Waals surface area contributed by atoms with Crippen LogP contribution in [0.15, 0.2) is 43.0 Å². The Balaban J connectivity index is 2.68. The fraction of sp³-hybridized carbons (Fsp3) is 0.389. The summed E-state index contributed by atoms with van der Waals surface area (Å²) in [6.45, 7) is 4.90. The third-order valence-electron chi connectivity index (χ3n) is 3.49. The van der Waals surface area contributed by atoms with Crippen LogP contribution in [-0.2, 0) is 20.8 Å². The van der Waals surface area contributed by atoms with E-state index in [-0.39, 0.29) is 18.7 Å². The number of amides is 2. The van der Waals surface area contributed by atoms with Gasteiger partial charge in [0.05, 0.1) is 6.42 Å². The predicted molar refractivity (Wildman–Crippen MR) is 91.4 cm³/mol. The Bertz CT molecular complexity index is 572. The summed E-state index contributed by atoms with van der Waals surface area (Å²) in [4.78, 5) is 34.5. The molecule has 2 atom stereocenters. The molecule has 1 unspecified atom stereocenters. The molecule has 0 aliphatic rings. The number of aliphatic carboxylic acids is 1. The van der Waals surface area contributed by atoms with Crippen molar-refractivity contribution in [3.05, 3.63) is 48.6 Å². The Labute approximate surface area is 141 Å². The summed E-state index contributed by atoms with van der Waals surface area (Å²) in [5, 5.41) is 14.3. The first-order chi connectivity index (χ1) is 11.4. The van der Waals surface area contributed by atoms with Crippen LogP contribution in [0, 0.1) is 0 Å². The monoisotopic (exact) mass is 332 g/mol. The molecular weight excluding hydrogens is 308 g/mol. The summed E-state index contributed by atoms with van der Waals surface area (Å²) >= 11 is 0. The van der Waals surface area contributed by atoms with Crippen molar-refractivity contribution in [3.63, 3.8) is 0 Å². The normalized spacial score (nSPS) is 12.7. The van der Waals surface area contributed by atoms with E-state index in [0.717, 1.165) is 5.56 Å². The molecule has 0 saturated heterocycles. The summed E-state index contributed by atoms with van der Waals surface area (Å²) in [7, 11) is 0. The molecule has 1 aromatic rings. The predicted octanol–water partition coefficient (Wildman–Crippen LogP) is 1.66. The van der Waals surface area contributed by atoms with Crippen LogP contribution in [0.4, 0.5) is 0 Å². The zero-order chi connectivity index (χ0) is 17.9. The van der Waals surface area contributed by atoms with Gasteiger partial charge >= 0.3 is 5.97 Å². The molecule has 0 aliphatic heterocycles. The third-order valence-corrected chi connectivity index (χ3v) is 3.49. The highest BCUT2D eigenvalue weighted by Gasteiger charge is 2.22. The molecule has 0 aliphatic carbocycles. The van der Waals surface area contributed by atoms with E-state index >= 15 is 0 Å².